The number of ether oxygens (including phenoxy) is 2. The van der Waals surface area contributed by atoms with Crippen LogP contribution in [0.5, 0.6) is 11.5 Å². The zero-order valence-corrected chi connectivity index (χ0v) is 16.2. The molecule has 0 radical (unpaired) electrons. The van der Waals surface area contributed by atoms with Crippen molar-refractivity contribution in [2.45, 2.75) is 13.8 Å². The van der Waals surface area contributed by atoms with Crippen molar-refractivity contribution in [3.63, 3.8) is 0 Å². The Morgan fingerprint density at radius 1 is 1.26 bits per heavy atom. The normalized spacial score (nSPS) is 10.5. The smallest absolute Gasteiger partial charge is 0.255 e. The first-order chi connectivity index (χ1) is 12.9. The summed E-state index contributed by atoms with van der Waals surface area (Å²) in [6.07, 6.45) is 1.59. The topological polar surface area (TPSA) is 98.0 Å². The number of benzene rings is 2. The number of methoxy groups -OCH3 is 1. The molecule has 0 aliphatic heterocycles. The summed E-state index contributed by atoms with van der Waals surface area (Å²) in [6.45, 7) is 3.85. The highest BCUT2D eigenvalue weighted by Crippen LogP contribution is 2.27. The number of carbonyl (C=O) groups is 1. The van der Waals surface area contributed by atoms with Crippen LogP contribution in [-0.4, -0.2) is 31.0 Å². The van der Waals surface area contributed by atoms with Gasteiger partial charge in [0, 0.05) is 5.69 Å². The zero-order valence-electron chi connectivity index (χ0n) is 15.4. The zero-order chi connectivity index (χ0) is 19.8. The number of nitrogens with two attached hydrogens (primary N) is 1. The maximum atomic E-state index is 10.8. The van der Waals surface area contributed by atoms with Crippen molar-refractivity contribution in [1.29, 1.82) is 0 Å². The molecule has 0 aliphatic carbocycles. The Kier molecular flexibility index (Phi) is 7.13. The number of hydrogen-bond acceptors (Lipinski definition) is 5. The fourth-order valence-corrected chi connectivity index (χ4v) is 2.40. The van der Waals surface area contributed by atoms with Crippen LogP contribution in [0.15, 0.2) is 41.5 Å². The molecular formula is C19H22N4O3S. The SMILES string of the molecule is COc1cc(/C=N\NC(=S)Nc2cccc(C)c2C)ccc1OCC(N)=O. The van der Waals surface area contributed by atoms with Crippen LogP contribution in [0.25, 0.3) is 0 Å². The first kappa shape index (κ1) is 20.2. The Morgan fingerprint density at radius 2 is 2.04 bits per heavy atom. The number of primary amides is 1. The third-order valence-corrected chi connectivity index (χ3v) is 3.98. The first-order valence-electron chi connectivity index (χ1n) is 8.16. The van der Waals surface area contributed by atoms with Gasteiger partial charge in [-0.3, -0.25) is 10.2 Å². The molecule has 2 aromatic rings. The standard InChI is InChI=1S/C19H22N4O3S/c1-12-5-4-6-15(13(12)2)22-19(27)23-21-10-14-7-8-16(17(9-14)25-3)26-11-18(20)24/h4-10H,11H2,1-3H3,(H2,20,24)(H2,22,23,27)/b21-10-. The van der Waals surface area contributed by atoms with Gasteiger partial charge in [-0.1, -0.05) is 12.1 Å². The first-order valence-corrected chi connectivity index (χ1v) is 8.57. The van der Waals surface area contributed by atoms with Crippen LogP contribution in [0.1, 0.15) is 16.7 Å². The molecule has 0 unspecified atom stereocenters. The van der Waals surface area contributed by atoms with E-state index >= 15 is 0 Å². The molecule has 7 nitrogen and oxygen atoms in total. The number of nitrogens with zero attached hydrogens (tertiary/aromatic N) is 1. The Bertz CT molecular complexity index is 868. The van der Waals surface area contributed by atoms with E-state index < -0.39 is 5.91 Å². The highest BCUT2D eigenvalue weighted by Gasteiger charge is 2.07. The van der Waals surface area contributed by atoms with E-state index in [9.17, 15) is 4.79 Å². The lowest BCUT2D eigenvalue weighted by atomic mass is 10.1. The van der Waals surface area contributed by atoms with Crippen molar-refractivity contribution < 1.29 is 14.3 Å². The average Bonchev–Trinajstić information content (AvgIpc) is 2.64. The van der Waals surface area contributed by atoms with Crippen molar-refractivity contribution in [2.24, 2.45) is 10.8 Å². The van der Waals surface area contributed by atoms with Crippen molar-refractivity contribution in [2.75, 3.05) is 19.0 Å². The number of aryl methyl sites for hydroxylation is 1. The van der Waals surface area contributed by atoms with Crippen LogP contribution in [0.4, 0.5) is 5.69 Å². The van der Waals surface area contributed by atoms with E-state index in [1.165, 1.54) is 12.7 Å². The lowest BCUT2D eigenvalue weighted by Crippen LogP contribution is -2.24. The number of nitrogens with one attached hydrogen (secondary N) is 2. The summed E-state index contributed by atoms with van der Waals surface area (Å²) in [7, 11) is 1.51. The molecule has 8 heteroatoms. The fourth-order valence-electron chi connectivity index (χ4n) is 2.23. The Labute approximate surface area is 163 Å². The molecule has 0 spiro atoms. The molecular weight excluding hydrogens is 364 g/mol. The Morgan fingerprint density at radius 3 is 2.74 bits per heavy atom. The molecule has 0 heterocycles. The largest absolute Gasteiger partial charge is 0.493 e. The molecule has 4 N–H and O–H groups in total. The molecule has 2 aromatic carbocycles. The molecule has 27 heavy (non-hydrogen) atoms. The van der Waals surface area contributed by atoms with Gasteiger partial charge in [-0.15, -0.1) is 0 Å². The van der Waals surface area contributed by atoms with Crippen molar-refractivity contribution >= 4 is 35.1 Å². The van der Waals surface area contributed by atoms with E-state index in [0.29, 0.717) is 16.6 Å². The molecule has 2 rings (SSSR count). The predicted molar refractivity (Wildman–Crippen MR) is 111 cm³/mol. The van der Waals surface area contributed by atoms with Gasteiger partial charge >= 0.3 is 0 Å². The number of rotatable bonds is 7. The molecule has 142 valence electrons. The van der Waals surface area contributed by atoms with Gasteiger partial charge in [-0.25, -0.2) is 0 Å². The second-order valence-electron chi connectivity index (χ2n) is 5.74. The molecule has 1 amide bonds. The summed E-state index contributed by atoms with van der Waals surface area (Å²) in [5.41, 5.74) is 11.9. The van der Waals surface area contributed by atoms with E-state index in [4.69, 9.17) is 27.4 Å². The third kappa shape index (κ3) is 5.96. The quantitative estimate of drug-likeness (QED) is 0.384. The minimum Gasteiger partial charge on any atom is -0.493 e. The number of thiocarbonyl (C=S) groups is 1. The van der Waals surface area contributed by atoms with E-state index in [-0.39, 0.29) is 6.61 Å². The van der Waals surface area contributed by atoms with Gasteiger partial charge in [0.25, 0.3) is 5.91 Å². The maximum Gasteiger partial charge on any atom is 0.255 e. The van der Waals surface area contributed by atoms with Crippen LogP contribution >= 0.6 is 12.2 Å². The van der Waals surface area contributed by atoms with Gasteiger partial charge in [-0.05, 0) is 67.0 Å². The van der Waals surface area contributed by atoms with E-state index in [2.05, 4.69) is 15.8 Å². The average molecular weight is 386 g/mol. The highest BCUT2D eigenvalue weighted by atomic mass is 32.1. The second-order valence-corrected chi connectivity index (χ2v) is 6.15. The molecule has 0 saturated heterocycles. The van der Waals surface area contributed by atoms with Gasteiger partial charge < -0.3 is 20.5 Å². The lowest BCUT2D eigenvalue weighted by molar-refractivity contribution is -0.119. The molecule has 0 atom stereocenters. The predicted octanol–water partition coefficient (Wildman–Crippen LogP) is 2.50. The molecule has 0 saturated carbocycles. The van der Waals surface area contributed by atoms with Gasteiger partial charge in [-0.2, -0.15) is 5.10 Å². The summed E-state index contributed by atoms with van der Waals surface area (Å²) >= 11 is 5.26. The van der Waals surface area contributed by atoms with Gasteiger partial charge in [0.15, 0.2) is 23.2 Å². The van der Waals surface area contributed by atoms with Crippen molar-refractivity contribution in [3.8, 4) is 11.5 Å². The Hall–Kier alpha value is -3.13. The van der Waals surface area contributed by atoms with Crippen molar-refractivity contribution in [3.05, 3.63) is 53.1 Å². The number of hydrazone groups is 1. The van der Waals surface area contributed by atoms with Crippen LogP contribution in [0.3, 0.4) is 0 Å². The highest BCUT2D eigenvalue weighted by molar-refractivity contribution is 7.80. The third-order valence-electron chi connectivity index (χ3n) is 3.79. The Balaban J connectivity index is 1.97. The fraction of sp³-hybridized carbons (Fsp3) is 0.211. The van der Waals surface area contributed by atoms with Crippen LogP contribution in [0, 0.1) is 13.8 Å². The molecule has 0 aliphatic rings. The minimum atomic E-state index is -0.559. The number of carbonyl (C=O) groups excluding carboxylic acids is 1. The van der Waals surface area contributed by atoms with E-state index in [1.54, 1.807) is 24.4 Å². The number of hydrogen-bond donors (Lipinski definition) is 3. The van der Waals surface area contributed by atoms with E-state index in [1.807, 2.05) is 32.0 Å². The van der Waals surface area contributed by atoms with Crippen LogP contribution < -0.4 is 25.9 Å². The summed E-state index contributed by atoms with van der Waals surface area (Å²) in [6, 6.07) is 11.1. The maximum absolute atomic E-state index is 10.8. The molecule has 0 bridgehead atoms. The van der Waals surface area contributed by atoms with Crippen LogP contribution in [-0.2, 0) is 4.79 Å². The summed E-state index contributed by atoms with van der Waals surface area (Å²) in [5.74, 6) is 0.335. The number of amides is 1. The van der Waals surface area contributed by atoms with Gasteiger partial charge in [0.2, 0.25) is 0 Å². The molecule has 0 fully saturated rings. The second kappa shape index (κ2) is 9.54. The summed E-state index contributed by atoms with van der Waals surface area (Å²) < 4.78 is 10.5. The number of anilines is 1. The minimum absolute atomic E-state index is 0.219. The van der Waals surface area contributed by atoms with Gasteiger partial charge in [0.1, 0.15) is 0 Å². The summed E-state index contributed by atoms with van der Waals surface area (Å²) in [5, 5.41) is 7.62. The van der Waals surface area contributed by atoms with Crippen LogP contribution in [0.2, 0.25) is 0 Å². The monoisotopic (exact) mass is 386 g/mol. The summed E-state index contributed by atoms with van der Waals surface area (Å²) in [4.78, 5) is 10.8. The van der Waals surface area contributed by atoms with E-state index in [0.717, 1.165) is 16.8 Å². The lowest BCUT2D eigenvalue weighted by Gasteiger charge is -2.11. The molecule has 0 aromatic heterocycles. The van der Waals surface area contributed by atoms with Crippen molar-refractivity contribution in [1.82, 2.24) is 5.43 Å². The van der Waals surface area contributed by atoms with Gasteiger partial charge in [0.05, 0.1) is 13.3 Å².